The number of hydrogen-bond donors (Lipinski definition) is 0. The van der Waals surface area contributed by atoms with E-state index in [-0.39, 0.29) is 11.3 Å². The second kappa shape index (κ2) is 7.31. The minimum atomic E-state index is -2.05. The Morgan fingerprint density at radius 3 is 2.62 bits per heavy atom. The molecule has 1 aromatic rings. The normalized spacial score (nSPS) is 12.1. The van der Waals surface area contributed by atoms with E-state index in [9.17, 15) is 8.63 Å². The van der Waals surface area contributed by atoms with Gasteiger partial charge in [0.05, 0.1) is 0 Å². The molecule has 1 atom stereocenters. The van der Waals surface area contributed by atoms with Gasteiger partial charge in [0.1, 0.15) is 0 Å². The third-order valence-corrected chi connectivity index (χ3v) is 4.60. The number of esters is 1. The molecule has 0 amide bonds. The number of aryl methyl sites for hydroxylation is 1. The summed E-state index contributed by atoms with van der Waals surface area (Å²) in [6, 6.07) is 9.88. The number of hydrogen-bond acceptors (Lipinski definition) is 3. The van der Waals surface area contributed by atoms with Crippen LogP contribution in [0.15, 0.2) is 30.3 Å². The summed E-state index contributed by atoms with van der Waals surface area (Å²) in [5, 5.41) is 0.698. The number of carbonyl (C=O) groups is 1. The van der Waals surface area contributed by atoms with Gasteiger partial charge >= 0.3 is 99.7 Å². The Bertz CT molecular complexity index is 349. The molecule has 3 nitrogen and oxygen atoms in total. The monoisotopic (exact) mass is 288 g/mol. The molecule has 0 aliphatic heterocycles. The quantitative estimate of drug-likeness (QED) is 0.595. The molecule has 1 rings (SSSR count). The Balaban J connectivity index is 2.28. The van der Waals surface area contributed by atoms with Crippen molar-refractivity contribution in [1.82, 2.24) is 0 Å². The zero-order valence-corrected chi connectivity index (χ0v) is 11.1. The molecule has 1 unspecified atom stereocenters. The Morgan fingerprint density at radius 1 is 1.31 bits per heavy atom. The molecule has 0 N–H and O–H groups in total. The van der Waals surface area contributed by atoms with E-state index in [1.54, 1.807) is 6.92 Å². The van der Waals surface area contributed by atoms with E-state index in [2.05, 4.69) is 0 Å². The Labute approximate surface area is 99.9 Å². The third-order valence-electron chi connectivity index (χ3n) is 2.05. The van der Waals surface area contributed by atoms with Crippen LogP contribution in [0.1, 0.15) is 12.5 Å². The zero-order chi connectivity index (χ0) is 11.8. The predicted molar refractivity (Wildman–Crippen MR) is 62.8 cm³/mol. The standard InChI is InChI=1S/C12H16O3Se/c1-2-15-12(13)10-16(14)9-8-11-6-4-3-5-7-11/h3-7H,2,8-10H2,1H3. The Hall–Kier alpha value is -0.991. The van der Waals surface area contributed by atoms with Gasteiger partial charge in [0.15, 0.2) is 0 Å². The van der Waals surface area contributed by atoms with E-state index in [0.717, 1.165) is 12.0 Å². The summed E-state index contributed by atoms with van der Waals surface area (Å²) < 4.78 is 16.4. The SMILES string of the molecule is CCOC(=O)C[Se](=O)CCc1ccccc1. The number of rotatable bonds is 6. The first-order valence-corrected chi connectivity index (χ1v) is 8.39. The average Bonchev–Trinajstić information content (AvgIpc) is 2.28. The summed E-state index contributed by atoms with van der Waals surface area (Å²) in [6.07, 6.45) is 0.772. The molecular formula is C12H16O3Se. The second-order valence-corrected chi connectivity index (χ2v) is 6.64. The summed E-state index contributed by atoms with van der Waals surface area (Å²) in [7, 11) is 0. The van der Waals surface area contributed by atoms with Crippen molar-refractivity contribution in [3.8, 4) is 0 Å². The van der Waals surface area contributed by atoms with Crippen LogP contribution in [0.4, 0.5) is 0 Å². The van der Waals surface area contributed by atoms with Crippen molar-refractivity contribution >= 4 is 19.8 Å². The molecular weight excluding hydrogens is 271 g/mol. The van der Waals surface area contributed by atoms with Crippen LogP contribution < -0.4 is 0 Å². The number of benzene rings is 1. The van der Waals surface area contributed by atoms with Crippen LogP contribution in [0.3, 0.4) is 0 Å². The molecule has 0 heterocycles. The summed E-state index contributed by atoms with van der Waals surface area (Å²) in [4.78, 5) is 11.1. The van der Waals surface area contributed by atoms with E-state index in [4.69, 9.17) is 4.74 Å². The van der Waals surface area contributed by atoms with Gasteiger partial charge in [0.25, 0.3) is 0 Å². The fourth-order valence-corrected chi connectivity index (χ4v) is 3.28. The van der Waals surface area contributed by atoms with Gasteiger partial charge in [0.2, 0.25) is 0 Å². The van der Waals surface area contributed by atoms with E-state index in [1.165, 1.54) is 0 Å². The van der Waals surface area contributed by atoms with E-state index in [0.29, 0.717) is 11.9 Å². The van der Waals surface area contributed by atoms with Crippen molar-refractivity contribution in [3.63, 3.8) is 0 Å². The van der Waals surface area contributed by atoms with Gasteiger partial charge in [-0.1, -0.05) is 0 Å². The maximum absolute atomic E-state index is 11.6. The van der Waals surface area contributed by atoms with Crippen LogP contribution in [0.25, 0.3) is 0 Å². The molecule has 0 saturated heterocycles. The van der Waals surface area contributed by atoms with Gasteiger partial charge in [-0.3, -0.25) is 0 Å². The van der Waals surface area contributed by atoms with Crippen LogP contribution in [0.5, 0.6) is 0 Å². The molecule has 0 aliphatic rings. The van der Waals surface area contributed by atoms with Crippen molar-refractivity contribution in [2.75, 3.05) is 6.61 Å². The molecule has 0 radical (unpaired) electrons. The molecule has 88 valence electrons. The van der Waals surface area contributed by atoms with E-state index >= 15 is 0 Å². The van der Waals surface area contributed by atoms with Gasteiger partial charge < -0.3 is 0 Å². The van der Waals surface area contributed by atoms with Gasteiger partial charge in [-0.15, -0.1) is 0 Å². The molecule has 0 spiro atoms. The van der Waals surface area contributed by atoms with Gasteiger partial charge in [-0.05, 0) is 0 Å². The molecule has 0 bridgehead atoms. The van der Waals surface area contributed by atoms with Crippen molar-refractivity contribution in [2.45, 2.75) is 24.0 Å². The van der Waals surface area contributed by atoms with E-state index in [1.807, 2.05) is 30.3 Å². The number of carbonyl (C=O) groups excluding carboxylic acids is 1. The zero-order valence-electron chi connectivity index (χ0n) is 9.35. The summed E-state index contributed by atoms with van der Waals surface area (Å²) in [6.45, 7) is 2.11. The van der Waals surface area contributed by atoms with Crippen LogP contribution in [0, 0.1) is 0 Å². The molecule has 0 aliphatic carbocycles. The topological polar surface area (TPSA) is 43.4 Å². The van der Waals surface area contributed by atoms with Gasteiger partial charge in [-0.25, -0.2) is 0 Å². The van der Waals surface area contributed by atoms with Gasteiger partial charge in [-0.2, -0.15) is 0 Å². The second-order valence-electron chi connectivity index (χ2n) is 3.33. The minimum absolute atomic E-state index is 0.0979. The van der Waals surface area contributed by atoms with Crippen LogP contribution >= 0.6 is 0 Å². The van der Waals surface area contributed by atoms with Crippen molar-refractivity contribution in [3.05, 3.63) is 35.9 Å². The Morgan fingerprint density at radius 2 is 2.00 bits per heavy atom. The average molecular weight is 287 g/mol. The van der Waals surface area contributed by atoms with Crippen molar-refractivity contribution in [1.29, 1.82) is 0 Å². The molecule has 16 heavy (non-hydrogen) atoms. The fraction of sp³-hybridized carbons (Fsp3) is 0.417. The summed E-state index contributed by atoms with van der Waals surface area (Å²) in [5.74, 6) is -0.337. The van der Waals surface area contributed by atoms with Crippen LogP contribution in [-0.4, -0.2) is 26.4 Å². The molecule has 0 fully saturated rings. The number of ether oxygens (including phenoxy) is 1. The molecule has 4 heteroatoms. The van der Waals surface area contributed by atoms with Gasteiger partial charge in [0, 0.05) is 0 Å². The molecule has 1 aromatic carbocycles. The first kappa shape index (κ1) is 13.1. The Kier molecular flexibility index (Phi) is 5.97. The first-order chi connectivity index (χ1) is 7.72. The van der Waals surface area contributed by atoms with Crippen molar-refractivity contribution in [2.24, 2.45) is 0 Å². The van der Waals surface area contributed by atoms with Crippen LogP contribution in [0.2, 0.25) is 10.6 Å². The molecule has 0 saturated carbocycles. The third kappa shape index (κ3) is 5.19. The van der Waals surface area contributed by atoms with Crippen molar-refractivity contribution < 1.29 is 13.4 Å². The van der Waals surface area contributed by atoms with E-state index < -0.39 is 13.8 Å². The summed E-state index contributed by atoms with van der Waals surface area (Å²) in [5.41, 5.74) is 1.16. The summed E-state index contributed by atoms with van der Waals surface area (Å²) >= 11 is -2.05. The molecule has 0 aromatic heterocycles. The van der Waals surface area contributed by atoms with Crippen LogP contribution in [-0.2, 0) is 19.8 Å². The fourth-order valence-electron chi connectivity index (χ4n) is 1.28. The first-order valence-electron chi connectivity index (χ1n) is 5.27. The maximum atomic E-state index is 11.6. The predicted octanol–water partition coefficient (Wildman–Crippen LogP) is 2.21.